The summed E-state index contributed by atoms with van der Waals surface area (Å²) in [5, 5.41) is 0. The van der Waals surface area contributed by atoms with Crippen molar-refractivity contribution in [1.29, 1.82) is 0 Å². The summed E-state index contributed by atoms with van der Waals surface area (Å²) < 4.78 is 10.9. The Bertz CT molecular complexity index is 644. The van der Waals surface area contributed by atoms with Gasteiger partial charge in [-0.3, -0.25) is 9.59 Å². The molecule has 0 unspecified atom stereocenters. The van der Waals surface area contributed by atoms with Crippen LogP contribution in [0.1, 0.15) is 39.0 Å². The summed E-state index contributed by atoms with van der Waals surface area (Å²) in [5.74, 6) is -0.143. The number of benzene rings is 1. The Morgan fingerprint density at radius 3 is 2.68 bits per heavy atom. The lowest BCUT2D eigenvalue weighted by atomic mass is 9.95. The van der Waals surface area contributed by atoms with Crippen LogP contribution in [0.4, 0.5) is 0 Å². The Hall–Kier alpha value is -1.59. The van der Waals surface area contributed by atoms with E-state index in [1.54, 1.807) is 11.8 Å². The van der Waals surface area contributed by atoms with E-state index in [0.717, 1.165) is 17.7 Å². The van der Waals surface area contributed by atoms with Gasteiger partial charge >= 0.3 is 5.97 Å². The molecule has 2 aliphatic heterocycles. The Morgan fingerprint density at radius 1 is 1.32 bits per heavy atom. The van der Waals surface area contributed by atoms with Crippen LogP contribution in [-0.4, -0.2) is 34.8 Å². The quantitative estimate of drug-likeness (QED) is 0.545. The molecule has 3 rings (SSSR count). The molecule has 0 amide bonds. The maximum Gasteiger partial charge on any atom is 0.323 e. The van der Waals surface area contributed by atoms with Gasteiger partial charge in [0.15, 0.2) is 5.78 Å². The summed E-state index contributed by atoms with van der Waals surface area (Å²) in [4.78, 5) is 25.2. The average Bonchev–Trinajstić information content (AvgIpc) is 3.12. The Morgan fingerprint density at radius 2 is 2.04 bits per heavy atom. The first-order chi connectivity index (χ1) is 12.0. The van der Waals surface area contributed by atoms with E-state index in [4.69, 9.17) is 9.47 Å². The molecule has 0 N–H and O–H groups in total. The molecular weight excluding hydrogens is 336 g/mol. The number of thioether (sulfide) groups is 1. The molecule has 0 radical (unpaired) electrons. The predicted molar refractivity (Wildman–Crippen MR) is 97.5 cm³/mol. The van der Waals surface area contributed by atoms with Gasteiger partial charge in [-0.15, -0.1) is 11.8 Å². The number of ketones is 1. The minimum absolute atomic E-state index is 0.00734. The third-order valence-corrected chi connectivity index (χ3v) is 6.16. The zero-order chi connectivity index (χ0) is 17.9. The van der Waals surface area contributed by atoms with Gasteiger partial charge in [-0.25, -0.2) is 0 Å². The number of rotatable bonds is 7. The first kappa shape index (κ1) is 18.2. The maximum atomic E-state index is 12.6. The van der Waals surface area contributed by atoms with Crippen LogP contribution < -0.4 is 0 Å². The minimum Gasteiger partial charge on any atom is -0.462 e. The Labute approximate surface area is 153 Å². The highest BCUT2D eigenvalue weighted by Crippen LogP contribution is 2.47. The molecule has 2 saturated heterocycles. The molecule has 5 heteroatoms. The summed E-state index contributed by atoms with van der Waals surface area (Å²) in [5.41, 5.74) is 0. The van der Waals surface area contributed by atoms with Crippen LogP contribution in [0.15, 0.2) is 47.9 Å². The normalized spacial score (nSPS) is 31.7. The highest BCUT2D eigenvalue weighted by molar-refractivity contribution is 8.01. The fourth-order valence-corrected chi connectivity index (χ4v) is 5.10. The van der Waals surface area contributed by atoms with E-state index in [-0.39, 0.29) is 30.1 Å². The van der Waals surface area contributed by atoms with Crippen molar-refractivity contribution in [2.45, 2.75) is 67.0 Å². The second-order valence-corrected chi connectivity index (χ2v) is 8.32. The third kappa shape index (κ3) is 4.33. The highest BCUT2D eigenvalue weighted by Gasteiger charge is 2.50. The van der Waals surface area contributed by atoms with Crippen LogP contribution in [0.2, 0.25) is 0 Å². The van der Waals surface area contributed by atoms with Gasteiger partial charge in [-0.1, -0.05) is 24.8 Å². The van der Waals surface area contributed by atoms with Crippen LogP contribution in [-0.2, 0) is 19.1 Å². The van der Waals surface area contributed by atoms with Gasteiger partial charge < -0.3 is 9.47 Å². The van der Waals surface area contributed by atoms with Gasteiger partial charge in [0.05, 0.1) is 12.2 Å². The first-order valence-corrected chi connectivity index (χ1v) is 9.58. The molecule has 2 heterocycles. The lowest BCUT2D eigenvalue weighted by Crippen LogP contribution is -2.35. The van der Waals surface area contributed by atoms with E-state index < -0.39 is 4.75 Å². The van der Waals surface area contributed by atoms with Crippen molar-refractivity contribution < 1.29 is 19.1 Å². The van der Waals surface area contributed by atoms with Crippen LogP contribution in [0.25, 0.3) is 0 Å². The monoisotopic (exact) mass is 360 g/mol. The summed E-state index contributed by atoms with van der Waals surface area (Å²) >= 11 is 1.58. The number of hydrogen-bond donors (Lipinski definition) is 0. The molecule has 0 aliphatic carbocycles. The van der Waals surface area contributed by atoms with Gasteiger partial charge in [0.2, 0.25) is 0 Å². The van der Waals surface area contributed by atoms with E-state index in [2.05, 4.69) is 6.58 Å². The van der Waals surface area contributed by atoms with Gasteiger partial charge in [0, 0.05) is 17.7 Å². The fraction of sp³-hybridized carbons (Fsp3) is 0.500. The van der Waals surface area contributed by atoms with E-state index in [1.165, 1.54) is 6.08 Å². The van der Waals surface area contributed by atoms with Crippen molar-refractivity contribution in [3.8, 4) is 0 Å². The van der Waals surface area contributed by atoms with Gasteiger partial charge in [-0.2, -0.15) is 0 Å². The van der Waals surface area contributed by atoms with Crippen molar-refractivity contribution in [1.82, 2.24) is 0 Å². The highest BCUT2D eigenvalue weighted by atomic mass is 32.2. The Kier molecular flexibility index (Phi) is 5.64. The van der Waals surface area contributed by atoms with Crippen LogP contribution in [0.5, 0.6) is 0 Å². The second-order valence-electron chi connectivity index (χ2n) is 6.87. The predicted octanol–water partition coefficient (Wildman–Crippen LogP) is 3.94. The summed E-state index contributed by atoms with van der Waals surface area (Å²) in [6, 6.07) is 9.95. The number of ether oxygens (including phenoxy) is 2. The van der Waals surface area contributed by atoms with Gasteiger partial charge in [-0.05, 0) is 44.4 Å². The maximum absolute atomic E-state index is 12.6. The number of esters is 1. The molecular formula is C20H24O4S. The molecule has 1 aromatic rings. The summed E-state index contributed by atoms with van der Waals surface area (Å²) in [6.07, 6.45) is 4.58. The molecule has 25 heavy (non-hydrogen) atoms. The van der Waals surface area contributed by atoms with E-state index in [9.17, 15) is 9.59 Å². The number of carbonyl (C=O) groups excluding carboxylic acids is 2. The van der Waals surface area contributed by atoms with Crippen LogP contribution in [0.3, 0.4) is 0 Å². The Balaban J connectivity index is 1.70. The molecule has 0 saturated carbocycles. The van der Waals surface area contributed by atoms with Crippen molar-refractivity contribution in [3.05, 3.63) is 43.0 Å². The standard InChI is InChI=1S/C20H24O4S/c1-3-15(21)11-16-9-10-17(24-16)13-20(12-14(2)23-19(20)22)25-18-7-5-4-6-8-18/h3-8,14,16-17H,1,9-13H2,2H3/t14-,16+,17+,20+/m0/s1. The first-order valence-electron chi connectivity index (χ1n) is 8.76. The molecule has 0 spiro atoms. The number of cyclic esters (lactones) is 1. The van der Waals surface area contributed by atoms with Crippen molar-refractivity contribution >= 4 is 23.5 Å². The summed E-state index contributed by atoms with van der Waals surface area (Å²) in [7, 11) is 0. The van der Waals surface area contributed by atoms with Crippen LogP contribution in [0, 0.1) is 0 Å². The average molecular weight is 360 g/mol. The van der Waals surface area contributed by atoms with Crippen LogP contribution >= 0.6 is 11.8 Å². The zero-order valence-electron chi connectivity index (χ0n) is 14.5. The molecule has 2 aliphatic rings. The van der Waals surface area contributed by atoms with Gasteiger partial charge in [0.25, 0.3) is 0 Å². The van der Waals surface area contributed by atoms with Gasteiger partial charge in [0.1, 0.15) is 10.9 Å². The molecule has 0 aromatic heterocycles. The smallest absolute Gasteiger partial charge is 0.323 e. The van der Waals surface area contributed by atoms with Crippen molar-refractivity contribution in [3.63, 3.8) is 0 Å². The second kappa shape index (κ2) is 7.75. The lowest BCUT2D eigenvalue weighted by Gasteiger charge is -2.27. The van der Waals surface area contributed by atoms with E-state index in [1.807, 2.05) is 37.3 Å². The third-order valence-electron chi connectivity index (χ3n) is 4.76. The largest absolute Gasteiger partial charge is 0.462 e. The van der Waals surface area contributed by atoms with Crippen molar-refractivity contribution in [2.24, 2.45) is 0 Å². The number of carbonyl (C=O) groups is 2. The fourth-order valence-electron chi connectivity index (χ4n) is 3.64. The topological polar surface area (TPSA) is 52.6 Å². The summed E-state index contributed by atoms with van der Waals surface area (Å²) in [6.45, 7) is 5.45. The molecule has 0 bridgehead atoms. The molecule has 4 atom stereocenters. The molecule has 1 aromatic carbocycles. The molecule has 134 valence electrons. The number of allylic oxidation sites excluding steroid dienone is 1. The molecule has 2 fully saturated rings. The van der Waals surface area contributed by atoms with Crippen molar-refractivity contribution in [2.75, 3.05) is 0 Å². The van der Waals surface area contributed by atoms with E-state index in [0.29, 0.717) is 19.3 Å². The number of hydrogen-bond acceptors (Lipinski definition) is 5. The molecule has 4 nitrogen and oxygen atoms in total. The van der Waals surface area contributed by atoms with E-state index >= 15 is 0 Å². The minimum atomic E-state index is -0.608. The SMILES string of the molecule is C=CC(=O)C[C@H]1CC[C@H](C[C@]2(Sc3ccccc3)C[C@H](C)OC2=O)O1. The zero-order valence-corrected chi connectivity index (χ0v) is 15.3. The lowest BCUT2D eigenvalue weighted by molar-refractivity contribution is -0.143.